The van der Waals surface area contributed by atoms with Gasteiger partial charge in [-0.3, -0.25) is 0 Å². The standard InChI is InChI=1S/C14H16BrNO3/c15-11-1-3-12(4-2-11)19-13-5-9-7-16(14(17)18)8-10(9)6-13/h1-4,9-10,13H,5-8H2,(H,17,18). The van der Waals surface area contributed by atoms with Crippen LogP contribution in [0.1, 0.15) is 12.8 Å². The molecule has 1 aromatic rings. The summed E-state index contributed by atoms with van der Waals surface area (Å²) in [6.07, 6.45) is 1.36. The van der Waals surface area contributed by atoms with Gasteiger partial charge in [0.05, 0.1) is 6.10 Å². The van der Waals surface area contributed by atoms with Crippen molar-refractivity contribution in [3.8, 4) is 5.75 Å². The first kappa shape index (κ1) is 12.8. The topological polar surface area (TPSA) is 49.8 Å². The number of hydrogen-bond donors (Lipinski definition) is 1. The van der Waals surface area contributed by atoms with Gasteiger partial charge in [-0.2, -0.15) is 0 Å². The van der Waals surface area contributed by atoms with Gasteiger partial charge in [-0.15, -0.1) is 0 Å². The zero-order valence-electron chi connectivity index (χ0n) is 10.5. The van der Waals surface area contributed by atoms with Crippen molar-refractivity contribution in [2.75, 3.05) is 13.1 Å². The Hall–Kier alpha value is -1.23. The highest BCUT2D eigenvalue weighted by Crippen LogP contribution is 2.39. The normalized spacial score (nSPS) is 29.3. The maximum absolute atomic E-state index is 10.9. The lowest BCUT2D eigenvalue weighted by Gasteiger charge is -2.17. The Balaban J connectivity index is 1.57. The second-order valence-electron chi connectivity index (χ2n) is 5.37. The molecule has 0 spiro atoms. The van der Waals surface area contributed by atoms with E-state index in [0.717, 1.165) is 23.1 Å². The number of nitrogens with zero attached hydrogens (tertiary/aromatic N) is 1. The number of hydrogen-bond acceptors (Lipinski definition) is 2. The van der Waals surface area contributed by atoms with E-state index in [-0.39, 0.29) is 6.10 Å². The summed E-state index contributed by atoms with van der Waals surface area (Å²) in [5.41, 5.74) is 0. The highest BCUT2D eigenvalue weighted by molar-refractivity contribution is 9.10. The van der Waals surface area contributed by atoms with E-state index in [9.17, 15) is 4.79 Å². The summed E-state index contributed by atoms with van der Waals surface area (Å²) in [6, 6.07) is 7.86. The molecule has 2 fully saturated rings. The first-order valence-corrected chi connectivity index (χ1v) is 7.31. The lowest BCUT2D eigenvalue weighted by atomic mass is 10.0. The van der Waals surface area contributed by atoms with Gasteiger partial charge in [0.2, 0.25) is 0 Å². The summed E-state index contributed by atoms with van der Waals surface area (Å²) in [4.78, 5) is 12.5. The van der Waals surface area contributed by atoms with Crippen LogP contribution < -0.4 is 4.74 Å². The van der Waals surface area contributed by atoms with E-state index in [4.69, 9.17) is 9.84 Å². The smallest absolute Gasteiger partial charge is 0.407 e. The Labute approximate surface area is 120 Å². The molecule has 2 atom stereocenters. The Bertz CT molecular complexity index is 462. The van der Waals surface area contributed by atoms with E-state index in [2.05, 4.69) is 15.9 Å². The summed E-state index contributed by atoms with van der Waals surface area (Å²) in [5, 5.41) is 8.99. The molecule has 1 aromatic carbocycles. The lowest BCUT2D eigenvalue weighted by Crippen LogP contribution is -2.29. The Morgan fingerprint density at radius 3 is 2.32 bits per heavy atom. The zero-order chi connectivity index (χ0) is 13.4. The molecule has 3 rings (SSSR count). The molecule has 5 heteroatoms. The highest BCUT2D eigenvalue weighted by Gasteiger charge is 2.43. The van der Waals surface area contributed by atoms with Crippen LogP contribution >= 0.6 is 15.9 Å². The number of likely N-dealkylation sites (tertiary alicyclic amines) is 1. The molecule has 1 saturated heterocycles. The molecule has 1 N–H and O–H groups in total. The van der Waals surface area contributed by atoms with Crippen LogP contribution in [0.25, 0.3) is 0 Å². The largest absolute Gasteiger partial charge is 0.490 e. The van der Waals surface area contributed by atoms with Gasteiger partial charge < -0.3 is 14.7 Å². The van der Waals surface area contributed by atoms with Crippen LogP contribution in [0, 0.1) is 11.8 Å². The number of rotatable bonds is 2. The van der Waals surface area contributed by atoms with Crippen LogP contribution in [0.2, 0.25) is 0 Å². The van der Waals surface area contributed by atoms with Crippen molar-refractivity contribution < 1.29 is 14.6 Å². The Morgan fingerprint density at radius 2 is 1.79 bits per heavy atom. The molecule has 0 radical (unpaired) electrons. The Kier molecular flexibility index (Phi) is 3.39. The van der Waals surface area contributed by atoms with Gasteiger partial charge in [0.25, 0.3) is 0 Å². The summed E-state index contributed by atoms with van der Waals surface area (Å²) in [7, 11) is 0. The van der Waals surface area contributed by atoms with E-state index in [0.29, 0.717) is 24.9 Å². The molecule has 2 aliphatic rings. The molecule has 2 unspecified atom stereocenters. The third kappa shape index (κ3) is 2.71. The number of fused-ring (bicyclic) bond motifs is 1. The van der Waals surface area contributed by atoms with Crippen LogP contribution in [0.3, 0.4) is 0 Å². The van der Waals surface area contributed by atoms with E-state index in [1.54, 1.807) is 0 Å². The first-order chi connectivity index (χ1) is 9.11. The van der Waals surface area contributed by atoms with Crippen LogP contribution in [-0.2, 0) is 0 Å². The maximum Gasteiger partial charge on any atom is 0.407 e. The molecule has 102 valence electrons. The van der Waals surface area contributed by atoms with Gasteiger partial charge in [0.15, 0.2) is 0 Å². The fourth-order valence-electron chi connectivity index (χ4n) is 3.20. The lowest BCUT2D eigenvalue weighted by molar-refractivity contribution is 0.144. The summed E-state index contributed by atoms with van der Waals surface area (Å²) in [6.45, 7) is 1.33. The fourth-order valence-corrected chi connectivity index (χ4v) is 3.47. The highest BCUT2D eigenvalue weighted by atomic mass is 79.9. The molecule has 1 aliphatic carbocycles. The molecular formula is C14H16BrNO3. The van der Waals surface area contributed by atoms with Crippen LogP contribution in [-0.4, -0.2) is 35.3 Å². The van der Waals surface area contributed by atoms with Crippen molar-refractivity contribution >= 4 is 22.0 Å². The van der Waals surface area contributed by atoms with Gasteiger partial charge in [-0.1, -0.05) is 15.9 Å². The van der Waals surface area contributed by atoms with Crippen molar-refractivity contribution in [1.29, 1.82) is 0 Å². The third-order valence-electron chi connectivity index (χ3n) is 4.09. The van der Waals surface area contributed by atoms with Crippen molar-refractivity contribution in [2.24, 2.45) is 11.8 Å². The predicted molar refractivity (Wildman–Crippen MR) is 74.4 cm³/mol. The van der Waals surface area contributed by atoms with Gasteiger partial charge >= 0.3 is 6.09 Å². The molecule has 1 heterocycles. The minimum absolute atomic E-state index is 0.229. The number of ether oxygens (including phenoxy) is 1. The van der Waals surface area contributed by atoms with Crippen LogP contribution in [0.5, 0.6) is 5.75 Å². The van der Waals surface area contributed by atoms with Gasteiger partial charge in [0.1, 0.15) is 5.75 Å². The van der Waals surface area contributed by atoms with Crippen molar-refractivity contribution in [3.05, 3.63) is 28.7 Å². The third-order valence-corrected chi connectivity index (χ3v) is 4.62. The molecule has 1 amide bonds. The number of benzene rings is 1. The van der Waals surface area contributed by atoms with Crippen LogP contribution in [0.15, 0.2) is 28.7 Å². The number of amides is 1. The average molecular weight is 326 g/mol. The summed E-state index contributed by atoms with van der Waals surface area (Å²) >= 11 is 3.40. The SMILES string of the molecule is O=C(O)N1CC2CC(Oc3ccc(Br)cc3)CC2C1. The molecule has 19 heavy (non-hydrogen) atoms. The van der Waals surface area contributed by atoms with E-state index in [1.807, 2.05) is 24.3 Å². The van der Waals surface area contributed by atoms with Crippen LogP contribution in [0.4, 0.5) is 4.79 Å². The Morgan fingerprint density at radius 1 is 1.21 bits per heavy atom. The van der Waals surface area contributed by atoms with Gasteiger partial charge in [0, 0.05) is 17.6 Å². The maximum atomic E-state index is 10.9. The monoisotopic (exact) mass is 325 g/mol. The summed E-state index contributed by atoms with van der Waals surface area (Å²) in [5.74, 6) is 1.83. The molecular weight excluding hydrogens is 310 g/mol. The van der Waals surface area contributed by atoms with E-state index >= 15 is 0 Å². The minimum Gasteiger partial charge on any atom is -0.490 e. The van der Waals surface area contributed by atoms with Gasteiger partial charge in [-0.05, 0) is 48.9 Å². The second-order valence-corrected chi connectivity index (χ2v) is 6.29. The van der Waals surface area contributed by atoms with Gasteiger partial charge in [-0.25, -0.2) is 4.79 Å². The van der Waals surface area contributed by atoms with E-state index in [1.165, 1.54) is 4.90 Å². The molecule has 1 aliphatic heterocycles. The summed E-state index contributed by atoms with van der Waals surface area (Å²) < 4.78 is 7.02. The molecule has 0 bridgehead atoms. The number of halogens is 1. The predicted octanol–water partition coefficient (Wildman–Crippen LogP) is 3.22. The molecule has 1 saturated carbocycles. The first-order valence-electron chi connectivity index (χ1n) is 6.52. The fraction of sp³-hybridized carbons (Fsp3) is 0.500. The zero-order valence-corrected chi connectivity index (χ0v) is 12.0. The minimum atomic E-state index is -0.792. The van der Waals surface area contributed by atoms with E-state index < -0.39 is 6.09 Å². The number of carboxylic acid groups (broad SMARTS) is 1. The number of carbonyl (C=O) groups is 1. The van der Waals surface area contributed by atoms with Crippen molar-refractivity contribution in [1.82, 2.24) is 4.90 Å². The molecule has 4 nitrogen and oxygen atoms in total. The van der Waals surface area contributed by atoms with Crippen molar-refractivity contribution in [2.45, 2.75) is 18.9 Å². The molecule has 0 aromatic heterocycles. The average Bonchev–Trinajstić information content (AvgIpc) is 2.90. The van der Waals surface area contributed by atoms with Crippen molar-refractivity contribution in [3.63, 3.8) is 0 Å². The quantitative estimate of drug-likeness (QED) is 0.908. The second kappa shape index (κ2) is 5.04.